The molecule has 0 radical (unpaired) electrons. The first kappa shape index (κ1) is 17.0. The van der Waals surface area contributed by atoms with E-state index in [1.807, 2.05) is 6.20 Å². The molecule has 6 rings (SSSR count). The lowest BCUT2D eigenvalue weighted by atomic mass is 9.46. The van der Waals surface area contributed by atoms with E-state index in [-0.39, 0.29) is 0 Å². The first-order chi connectivity index (χ1) is 13.6. The summed E-state index contributed by atoms with van der Waals surface area (Å²) in [6.45, 7) is 5.08. The van der Waals surface area contributed by atoms with Crippen LogP contribution in [0.3, 0.4) is 0 Å². The molecule has 28 heavy (non-hydrogen) atoms. The molecule has 5 aliphatic rings. The number of pyridine rings is 1. The van der Waals surface area contributed by atoms with Gasteiger partial charge in [-0.15, -0.1) is 0 Å². The molecule has 3 heteroatoms. The number of fused-ring (bicyclic) bond motifs is 8. The maximum atomic E-state index is 9.32. The predicted molar refractivity (Wildman–Crippen MR) is 111 cm³/mol. The van der Waals surface area contributed by atoms with E-state index in [2.05, 4.69) is 54.5 Å². The van der Waals surface area contributed by atoms with Crippen molar-refractivity contribution in [2.24, 2.45) is 45.6 Å². The van der Waals surface area contributed by atoms with Gasteiger partial charge >= 0.3 is 0 Å². The van der Waals surface area contributed by atoms with Crippen LogP contribution in [0.5, 0.6) is 0 Å². The summed E-state index contributed by atoms with van der Waals surface area (Å²) >= 11 is 0. The number of rotatable bonds is 1. The first-order valence-corrected chi connectivity index (χ1v) is 11.1. The molecular formula is C25H30N2O. The van der Waals surface area contributed by atoms with E-state index in [4.69, 9.17) is 0 Å². The third kappa shape index (κ3) is 2.06. The van der Waals surface area contributed by atoms with Gasteiger partial charge in [0, 0.05) is 12.4 Å². The standard InChI is InChI=1S/C25H30N2O/c1-24-10-8-21-23(20(24)6-5-19(24)15-4-3-11-26-14-15)18-13-17(18)22-12-16(27-28)7-9-25(21,22)2/h3-5,11-12,14,17-18,20-21,23,28H,6-10,13H2,1-2H3/b27-16+/t17?,18?,20-,21-,23-,24+,25+/m0/s1. The van der Waals surface area contributed by atoms with Gasteiger partial charge < -0.3 is 5.21 Å². The molecule has 2 unspecified atom stereocenters. The van der Waals surface area contributed by atoms with Crippen molar-refractivity contribution < 1.29 is 5.21 Å². The monoisotopic (exact) mass is 374 g/mol. The zero-order chi connectivity index (χ0) is 19.1. The molecule has 0 amide bonds. The van der Waals surface area contributed by atoms with E-state index < -0.39 is 0 Å². The predicted octanol–water partition coefficient (Wildman–Crippen LogP) is 5.72. The zero-order valence-corrected chi connectivity index (χ0v) is 16.9. The summed E-state index contributed by atoms with van der Waals surface area (Å²) in [5.41, 5.74) is 6.04. The Hall–Kier alpha value is -1.90. The molecule has 1 heterocycles. The molecule has 0 aliphatic heterocycles. The molecule has 3 nitrogen and oxygen atoms in total. The van der Waals surface area contributed by atoms with Gasteiger partial charge in [0.15, 0.2) is 0 Å². The Bertz CT molecular complexity index is 916. The molecule has 1 aromatic rings. The smallest absolute Gasteiger partial charge is 0.0795 e. The molecule has 5 aliphatic carbocycles. The van der Waals surface area contributed by atoms with Crippen LogP contribution >= 0.6 is 0 Å². The summed E-state index contributed by atoms with van der Waals surface area (Å²) < 4.78 is 0. The normalized spacial score (nSPS) is 47.4. The minimum absolute atomic E-state index is 0.307. The fourth-order valence-electron chi connectivity index (χ4n) is 8.03. The van der Waals surface area contributed by atoms with Gasteiger partial charge in [-0.05, 0) is 102 Å². The fourth-order valence-corrected chi connectivity index (χ4v) is 8.03. The van der Waals surface area contributed by atoms with Gasteiger partial charge in [0.1, 0.15) is 0 Å². The minimum Gasteiger partial charge on any atom is -0.411 e. The average Bonchev–Trinajstić information content (AvgIpc) is 3.43. The highest BCUT2D eigenvalue weighted by Crippen LogP contribution is 2.74. The van der Waals surface area contributed by atoms with Crippen LogP contribution in [0.4, 0.5) is 0 Å². The molecule has 0 saturated heterocycles. The van der Waals surface area contributed by atoms with Gasteiger partial charge in [-0.25, -0.2) is 0 Å². The van der Waals surface area contributed by atoms with Gasteiger partial charge in [-0.2, -0.15) is 0 Å². The number of hydrogen-bond donors (Lipinski definition) is 1. The maximum Gasteiger partial charge on any atom is 0.0795 e. The van der Waals surface area contributed by atoms with Crippen molar-refractivity contribution in [2.75, 3.05) is 0 Å². The Morgan fingerprint density at radius 2 is 2.07 bits per heavy atom. The molecule has 1 aromatic heterocycles. The van der Waals surface area contributed by atoms with E-state index in [9.17, 15) is 5.21 Å². The third-order valence-electron chi connectivity index (χ3n) is 9.45. The summed E-state index contributed by atoms with van der Waals surface area (Å²) in [4.78, 5) is 4.40. The van der Waals surface area contributed by atoms with Gasteiger partial charge in [0.25, 0.3) is 0 Å². The van der Waals surface area contributed by atoms with E-state index in [0.29, 0.717) is 10.8 Å². The second kappa shape index (κ2) is 5.58. The molecule has 0 aromatic carbocycles. The number of hydrogen-bond acceptors (Lipinski definition) is 3. The summed E-state index contributed by atoms with van der Waals surface area (Å²) in [6, 6.07) is 4.33. The first-order valence-electron chi connectivity index (χ1n) is 11.1. The Morgan fingerprint density at radius 3 is 2.86 bits per heavy atom. The topological polar surface area (TPSA) is 45.5 Å². The lowest BCUT2D eigenvalue weighted by Gasteiger charge is -2.57. The molecule has 7 atom stereocenters. The lowest BCUT2D eigenvalue weighted by molar-refractivity contribution is -0.0269. The maximum absolute atomic E-state index is 9.32. The molecule has 3 fully saturated rings. The van der Waals surface area contributed by atoms with E-state index in [0.717, 1.165) is 48.1 Å². The number of oxime groups is 1. The van der Waals surface area contributed by atoms with Crippen molar-refractivity contribution in [1.29, 1.82) is 0 Å². The van der Waals surface area contributed by atoms with Crippen LogP contribution in [0.2, 0.25) is 0 Å². The van der Waals surface area contributed by atoms with E-state index >= 15 is 0 Å². The molecule has 3 saturated carbocycles. The summed E-state index contributed by atoms with van der Waals surface area (Å²) in [7, 11) is 0. The minimum atomic E-state index is 0.307. The SMILES string of the molecule is C[C@]12CC/C(=N\O)C=C1C1CC1[C@@H]1[C@@H]2CC[C@]2(C)C(c3cccnc3)=CC[C@@H]12. The van der Waals surface area contributed by atoms with Crippen molar-refractivity contribution >= 4 is 11.3 Å². The van der Waals surface area contributed by atoms with Crippen molar-refractivity contribution in [2.45, 2.75) is 52.4 Å². The van der Waals surface area contributed by atoms with Crippen LogP contribution < -0.4 is 0 Å². The lowest BCUT2D eigenvalue weighted by Crippen LogP contribution is -2.51. The molecule has 1 N–H and O–H groups in total. The van der Waals surface area contributed by atoms with Crippen LogP contribution in [-0.4, -0.2) is 15.9 Å². The highest BCUT2D eigenvalue weighted by molar-refractivity contribution is 5.96. The Morgan fingerprint density at radius 1 is 1.18 bits per heavy atom. The second-order valence-corrected chi connectivity index (χ2v) is 10.5. The Kier molecular flexibility index (Phi) is 3.39. The van der Waals surface area contributed by atoms with E-state index in [1.54, 1.807) is 11.1 Å². The average molecular weight is 375 g/mol. The third-order valence-corrected chi connectivity index (χ3v) is 9.45. The van der Waals surface area contributed by atoms with Gasteiger partial charge in [0.05, 0.1) is 5.71 Å². The highest BCUT2D eigenvalue weighted by Gasteiger charge is 2.66. The second-order valence-electron chi connectivity index (χ2n) is 10.5. The van der Waals surface area contributed by atoms with Crippen LogP contribution in [0.25, 0.3) is 5.57 Å². The molecule has 146 valence electrons. The van der Waals surface area contributed by atoms with E-state index in [1.165, 1.54) is 31.2 Å². The molecule has 0 spiro atoms. The largest absolute Gasteiger partial charge is 0.411 e. The highest BCUT2D eigenvalue weighted by atomic mass is 16.4. The van der Waals surface area contributed by atoms with Crippen LogP contribution in [-0.2, 0) is 0 Å². The summed E-state index contributed by atoms with van der Waals surface area (Å²) in [6.07, 6.45) is 16.1. The van der Waals surface area contributed by atoms with Crippen molar-refractivity contribution in [3.05, 3.63) is 47.8 Å². The molecule has 0 bridgehead atoms. The molecular weight excluding hydrogens is 344 g/mol. The van der Waals surface area contributed by atoms with Crippen molar-refractivity contribution in [3.8, 4) is 0 Å². The van der Waals surface area contributed by atoms with Crippen molar-refractivity contribution in [3.63, 3.8) is 0 Å². The Balaban J connectivity index is 1.38. The van der Waals surface area contributed by atoms with Gasteiger partial charge in [0.2, 0.25) is 0 Å². The van der Waals surface area contributed by atoms with Crippen LogP contribution in [0.1, 0.15) is 57.9 Å². The summed E-state index contributed by atoms with van der Waals surface area (Å²) in [5.74, 6) is 4.02. The fraction of sp³-hybridized carbons (Fsp3) is 0.600. The van der Waals surface area contributed by atoms with Crippen LogP contribution in [0, 0.1) is 40.4 Å². The Labute approximate surface area is 167 Å². The van der Waals surface area contributed by atoms with Gasteiger partial charge in [-0.1, -0.05) is 36.7 Å². The van der Waals surface area contributed by atoms with Crippen LogP contribution in [0.15, 0.2) is 47.4 Å². The quantitative estimate of drug-likeness (QED) is 0.504. The number of nitrogens with zero attached hydrogens (tertiary/aromatic N) is 2. The number of allylic oxidation sites excluding steroid dienone is 4. The number of aromatic nitrogens is 1. The van der Waals surface area contributed by atoms with Gasteiger partial charge in [-0.3, -0.25) is 4.98 Å². The van der Waals surface area contributed by atoms with Crippen molar-refractivity contribution in [1.82, 2.24) is 4.98 Å². The zero-order valence-electron chi connectivity index (χ0n) is 16.9. The summed E-state index contributed by atoms with van der Waals surface area (Å²) in [5, 5.41) is 12.9.